The fourth-order valence-corrected chi connectivity index (χ4v) is 2.56. The first kappa shape index (κ1) is 18.3. The first-order valence-corrected chi connectivity index (χ1v) is 8.74. The van der Waals surface area contributed by atoms with Crippen LogP contribution in [-0.4, -0.2) is 15.6 Å². The average Bonchev–Trinajstić information content (AvgIpc) is 3.30. The molecule has 7 heteroatoms. The standard InChI is InChI=1S/C19H16Cl2N2O3/c1-2-23-11-10-16(22-23)17(24)9-8-13-6-7-14(26-13)12-25-18-5-3-4-15(20)19(18)21/h3-11H,2,12H2,1H3. The molecule has 0 amide bonds. The van der Waals surface area contributed by atoms with Crippen molar-refractivity contribution in [3.05, 3.63) is 75.9 Å². The van der Waals surface area contributed by atoms with Gasteiger partial charge in [-0.25, -0.2) is 0 Å². The van der Waals surface area contributed by atoms with E-state index in [0.717, 1.165) is 6.54 Å². The van der Waals surface area contributed by atoms with Gasteiger partial charge in [0.1, 0.15) is 34.6 Å². The SMILES string of the molecule is CCn1ccc(C(=O)C=Cc2ccc(COc3cccc(Cl)c3Cl)o2)n1. The van der Waals surface area contributed by atoms with Crippen LogP contribution in [0, 0.1) is 0 Å². The minimum atomic E-state index is -0.183. The first-order valence-electron chi connectivity index (χ1n) is 7.98. The number of ether oxygens (including phenoxy) is 1. The Morgan fingerprint density at radius 3 is 2.88 bits per heavy atom. The number of hydrogen-bond donors (Lipinski definition) is 0. The van der Waals surface area contributed by atoms with Gasteiger partial charge in [0.05, 0.1) is 5.02 Å². The third-order valence-corrected chi connectivity index (χ3v) is 4.39. The van der Waals surface area contributed by atoms with Crippen molar-refractivity contribution in [2.75, 3.05) is 0 Å². The van der Waals surface area contributed by atoms with Crippen molar-refractivity contribution >= 4 is 35.1 Å². The number of halogens is 2. The van der Waals surface area contributed by atoms with Crippen molar-refractivity contribution in [3.63, 3.8) is 0 Å². The normalized spacial score (nSPS) is 11.2. The molecule has 2 aromatic heterocycles. The average molecular weight is 391 g/mol. The smallest absolute Gasteiger partial charge is 0.206 e. The molecule has 3 rings (SSSR count). The minimum absolute atomic E-state index is 0.183. The zero-order valence-corrected chi connectivity index (χ0v) is 15.5. The lowest BCUT2D eigenvalue weighted by atomic mass is 10.2. The molecule has 3 aromatic rings. The van der Waals surface area contributed by atoms with Crippen molar-refractivity contribution in [2.24, 2.45) is 0 Å². The van der Waals surface area contributed by atoms with Gasteiger partial charge in [-0.1, -0.05) is 29.3 Å². The number of nitrogens with zero attached hydrogens (tertiary/aromatic N) is 2. The van der Waals surface area contributed by atoms with Crippen LogP contribution in [0.15, 0.2) is 53.1 Å². The van der Waals surface area contributed by atoms with Crippen molar-refractivity contribution in [2.45, 2.75) is 20.1 Å². The maximum Gasteiger partial charge on any atom is 0.206 e. The molecule has 0 N–H and O–H groups in total. The van der Waals surface area contributed by atoms with E-state index in [-0.39, 0.29) is 12.4 Å². The van der Waals surface area contributed by atoms with Gasteiger partial charge in [0, 0.05) is 12.7 Å². The number of benzene rings is 1. The largest absolute Gasteiger partial charge is 0.484 e. The quantitative estimate of drug-likeness (QED) is 0.406. The minimum Gasteiger partial charge on any atom is -0.484 e. The lowest BCUT2D eigenvalue weighted by Gasteiger charge is -2.06. The van der Waals surface area contributed by atoms with Crippen LogP contribution < -0.4 is 4.74 Å². The molecule has 0 fully saturated rings. The van der Waals surface area contributed by atoms with Gasteiger partial charge in [0.25, 0.3) is 0 Å². The second-order valence-electron chi connectivity index (χ2n) is 5.40. The Morgan fingerprint density at radius 1 is 1.27 bits per heavy atom. The number of hydrogen-bond acceptors (Lipinski definition) is 4. The molecule has 0 unspecified atom stereocenters. The van der Waals surface area contributed by atoms with Crippen LogP contribution in [0.4, 0.5) is 0 Å². The predicted octanol–water partition coefficient (Wildman–Crippen LogP) is 5.28. The van der Waals surface area contributed by atoms with Gasteiger partial charge in [0.2, 0.25) is 5.78 Å². The summed E-state index contributed by atoms with van der Waals surface area (Å²) >= 11 is 12.0. The van der Waals surface area contributed by atoms with E-state index in [1.165, 1.54) is 6.08 Å². The third-order valence-electron chi connectivity index (χ3n) is 3.58. The van der Waals surface area contributed by atoms with Gasteiger partial charge >= 0.3 is 0 Å². The number of furan rings is 1. The maximum atomic E-state index is 12.1. The number of ketones is 1. The van der Waals surface area contributed by atoms with Crippen LogP contribution in [0.1, 0.15) is 28.9 Å². The summed E-state index contributed by atoms with van der Waals surface area (Å²) in [5.74, 6) is 1.44. The molecular formula is C19H16Cl2N2O3. The zero-order valence-electron chi connectivity index (χ0n) is 14.0. The Hall–Kier alpha value is -2.50. The van der Waals surface area contributed by atoms with Crippen LogP contribution in [0.2, 0.25) is 10.0 Å². The van der Waals surface area contributed by atoms with Crippen LogP contribution in [-0.2, 0) is 13.2 Å². The highest BCUT2D eigenvalue weighted by molar-refractivity contribution is 6.42. The Labute approximate surface area is 160 Å². The number of rotatable bonds is 7. The van der Waals surface area contributed by atoms with Crippen LogP contribution in [0.25, 0.3) is 6.08 Å². The van der Waals surface area contributed by atoms with Gasteiger partial charge in [-0.15, -0.1) is 0 Å². The molecule has 0 radical (unpaired) electrons. The second kappa shape index (κ2) is 8.25. The predicted molar refractivity (Wildman–Crippen MR) is 101 cm³/mol. The lowest BCUT2D eigenvalue weighted by molar-refractivity contribution is 0.104. The summed E-state index contributed by atoms with van der Waals surface area (Å²) in [6, 6.07) is 10.4. The Balaban J connectivity index is 1.60. The maximum absolute atomic E-state index is 12.1. The van der Waals surface area contributed by atoms with E-state index in [1.807, 2.05) is 6.92 Å². The molecule has 1 aromatic carbocycles. The molecule has 0 aliphatic heterocycles. The lowest BCUT2D eigenvalue weighted by Crippen LogP contribution is -1.99. The van der Waals surface area contributed by atoms with E-state index < -0.39 is 0 Å². The van der Waals surface area contributed by atoms with Gasteiger partial charge in [-0.3, -0.25) is 9.48 Å². The van der Waals surface area contributed by atoms with Crippen molar-refractivity contribution < 1.29 is 13.9 Å². The summed E-state index contributed by atoms with van der Waals surface area (Å²) in [4.78, 5) is 12.1. The number of aryl methyl sites for hydroxylation is 1. The molecule has 2 heterocycles. The molecule has 0 saturated heterocycles. The van der Waals surface area contributed by atoms with Crippen molar-refractivity contribution in [1.82, 2.24) is 9.78 Å². The van der Waals surface area contributed by atoms with Crippen LogP contribution >= 0.6 is 23.2 Å². The molecule has 0 saturated carbocycles. The number of carbonyl (C=O) groups excluding carboxylic acids is 1. The van der Waals surface area contributed by atoms with Gasteiger partial charge in [-0.2, -0.15) is 5.10 Å². The molecule has 0 atom stereocenters. The Morgan fingerprint density at radius 2 is 2.12 bits per heavy atom. The molecule has 0 aliphatic rings. The van der Waals surface area contributed by atoms with Crippen LogP contribution in [0.3, 0.4) is 0 Å². The van der Waals surface area contributed by atoms with Crippen molar-refractivity contribution in [3.8, 4) is 5.75 Å². The number of carbonyl (C=O) groups is 1. The second-order valence-corrected chi connectivity index (χ2v) is 6.18. The molecule has 134 valence electrons. The Bertz CT molecular complexity index is 944. The fourth-order valence-electron chi connectivity index (χ4n) is 2.22. The molecule has 0 bridgehead atoms. The summed E-state index contributed by atoms with van der Waals surface area (Å²) < 4.78 is 12.9. The number of aromatic nitrogens is 2. The van der Waals surface area contributed by atoms with E-state index >= 15 is 0 Å². The van der Waals surface area contributed by atoms with E-state index in [1.54, 1.807) is 53.4 Å². The van der Waals surface area contributed by atoms with Gasteiger partial charge < -0.3 is 9.15 Å². The monoisotopic (exact) mass is 390 g/mol. The summed E-state index contributed by atoms with van der Waals surface area (Å²) in [5.41, 5.74) is 0.397. The number of allylic oxidation sites excluding steroid dienone is 1. The van der Waals surface area contributed by atoms with Crippen LogP contribution in [0.5, 0.6) is 5.75 Å². The molecule has 26 heavy (non-hydrogen) atoms. The highest BCUT2D eigenvalue weighted by Crippen LogP contribution is 2.32. The zero-order chi connectivity index (χ0) is 18.5. The molecule has 5 nitrogen and oxygen atoms in total. The van der Waals surface area contributed by atoms with E-state index in [0.29, 0.717) is 33.0 Å². The van der Waals surface area contributed by atoms with Gasteiger partial charge in [-0.05, 0) is 49.4 Å². The molecule has 0 aliphatic carbocycles. The summed E-state index contributed by atoms with van der Waals surface area (Å²) in [7, 11) is 0. The molecule has 0 spiro atoms. The van der Waals surface area contributed by atoms with E-state index in [2.05, 4.69) is 5.10 Å². The topological polar surface area (TPSA) is 57.3 Å². The fraction of sp³-hybridized carbons (Fsp3) is 0.158. The first-order chi connectivity index (χ1) is 12.6. The van der Waals surface area contributed by atoms with Gasteiger partial charge in [0.15, 0.2) is 0 Å². The molecular weight excluding hydrogens is 375 g/mol. The highest BCUT2D eigenvalue weighted by atomic mass is 35.5. The highest BCUT2D eigenvalue weighted by Gasteiger charge is 2.08. The van der Waals surface area contributed by atoms with Crippen molar-refractivity contribution in [1.29, 1.82) is 0 Å². The summed E-state index contributed by atoms with van der Waals surface area (Å²) in [6.45, 7) is 2.87. The summed E-state index contributed by atoms with van der Waals surface area (Å²) in [6.07, 6.45) is 4.80. The third kappa shape index (κ3) is 4.36. The summed E-state index contributed by atoms with van der Waals surface area (Å²) in [5, 5.41) is 4.95. The Kier molecular flexibility index (Phi) is 5.81. The van der Waals surface area contributed by atoms with E-state index in [4.69, 9.17) is 32.4 Å². The van der Waals surface area contributed by atoms with E-state index in [9.17, 15) is 4.79 Å².